The molecule has 8 fully saturated rings. The molecule has 43 heteroatoms. The van der Waals surface area contributed by atoms with Crippen LogP contribution in [0, 0.1) is 11.8 Å². The smallest absolute Gasteiger partial charge is 0.356 e. The van der Waals surface area contributed by atoms with Gasteiger partial charge in [0.1, 0.15) is 72.4 Å². The van der Waals surface area contributed by atoms with Gasteiger partial charge in [-0.3, -0.25) is 13.7 Å². The third kappa shape index (κ3) is 18.3. The average molecular weight is 1560 g/mol. The van der Waals surface area contributed by atoms with Crippen molar-refractivity contribution in [2.24, 2.45) is 11.8 Å². The van der Waals surface area contributed by atoms with E-state index in [-0.39, 0.29) is 72.7 Å². The molecule has 9 heterocycles. The fourth-order valence-electron chi connectivity index (χ4n) is 13.2. The fraction of sp³-hybridized carbons (Fsp3) is 0.746. The van der Waals surface area contributed by atoms with Crippen LogP contribution in [0.1, 0.15) is 142 Å². The molecule has 0 radical (unpaired) electrons. The number of nitrogens with one attached hydrogen (secondary N) is 3. The molecule has 15 N–H and O–H groups in total. The van der Waals surface area contributed by atoms with Crippen LogP contribution in [0.5, 0.6) is 0 Å². The van der Waals surface area contributed by atoms with E-state index >= 15 is 0 Å². The Hall–Kier alpha value is -4.15. The van der Waals surface area contributed by atoms with Gasteiger partial charge in [0.05, 0.1) is 61.2 Å². The maximum absolute atomic E-state index is 11.8. The number of rotatable bonds is 27. The number of anilines is 3. The number of hydrogen-bond acceptors (Lipinski definition) is 28. The Morgan fingerprint density at radius 1 is 0.480 bits per heavy atom. The first-order chi connectivity index (χ1) is 48.4. The molecule has 14 atom stereocenters. The largest absolute Gasteiger partial charge is 0.387 e. The van der Waals surface area contributed by atoms with Gasteiger partial charge in [-0.2, -0.15) is 45.2 Å². The lowest BCUT2D eigenvalue weighted by Crippen LogP contribution is -2.37. The molecule has 5 aliphatic carbocycles. The number of ether oxygens (including phenoxy) is 7. The molecule has 0 aromatic carbocycles. The van der Waals surface area contributed by atoms with E-state index < -0.39 is 113 Å². The zero-order valence-electron chi connectivity index (χ0n) is 55.5. The van der Waals surface area contributed by atoms with E-state index in [1.54, 1.807) is 6.20 Å². The number of hydrogen-bond donors (Lipinski definition) is 15. The maximum atomic E-state index is 11.8. The molecule has 0 amide bonds. The second-order valence-electron chi connectivity index (χ2n) is 27.7. The summed E-state index contributed by atoms with van der Waals surface area (Å²) in [5, 5.41) is 86.5. The standard InChI is InChI=1S/C21H31ClN5O8P.C20H29ClN5O7P.C18H27ClN5O7P/c22-21-25-18(24-12-3-1-2-4-12)13-7-23-27(19(13)26-21)20-17(29)16(28)14(35-20)9-34-15(36(30,31)32)10-33-8-11-5-6-11;21-20-24-17(23-11-3-1-2-4-11)12-8-22-26(18(12)25-20)19-16(28)15(27)13(33-19)9-32-14(34(29,30)31)7-10-5-6-10;1-18(2,32(27,28)29)30-8-11-12(25)13(26)16(31-11)24-15-10(7-20-24)14(22-17(19)23-15)21-9-5-3-4-6-9/h7,11-12,14-17,20,28-29H,1-6,8-10H2,(H,24,25,26)(H2,30,31,32);8,10-11,13-16,19,27-28H,1-7,9H2,(H,23,24,25)(H2,29,30,31);7,9,11-13,16,25-26H,3-6,8H2,1-2H3,(H,21,22,23)(H2,27,28,29)/t14-,15?,16-,17-,20-;13-,14?,15-,16-,19-;11-,12-,13-,16-/m111/s1. The Bertz CT molecular complexity index is 4000. The quantitative estimate of drug-likeness (QED) is 0.0248. The third-order valence-electron chi connectivity index (χ3n) is 19.6. The normalized spacial score (nSPS) is 28.3. The van der Waals surface area contributed by atoms with Gasteiger partial charge in [-0.1, -0.05) is 51.4 Å². The minimum Gasteiger partial charge on any atom is -0.387 e. The number of aromatic nitrogens is 12. The van der Waals surface area contributed by atoms with Crippen molar-refractivity contribution in [1.29, 1.82) is 0 Å². The fourth-order valence-corrected chi connectivity index (χ4v) is 15.3. The van der Waals surface area contributed by atoms with Crippen molar-refractivity contribution >= 4 is 108 Å². The summed E-state index contributed by atoms with van der Waals surface area (Å²) in [6.45, 7) is 1.59. The highest BCUT2D eigenvalue weighted by atomic mass is 35.5. The van der Waals surface area contributed by atoms with Crippen LogP contribution in [0.3, 0.4) is 0 Å². The van der Waals surface area contributed by atoms with E-state index in [4.69, 9.17) is 68.0 Å². The van der Waals surface area contributed by atoms with Gasteiger partial charge >= 0.3 is 22.8 Å². The van der Waals surface area contributed by atoms with Crippen LogP contribution in [-0.4, -0.2) is 242 Å². The van der Waals surface area contributed by atoms with Gasteiger partial charge in [0.15, 0.2) is 52.7 Å². The lowest BCUT2D eigenvalue weighted by atomic mass is 10.1. The van der Waals surface area contributed by atoms with Crippen LogP contribution >= 0.6 is 57.6 Å². The SMILES string of the molecule is CC(C)(OC[C@H]1O[C@@H](n2ncc3c(NC4CCCC4)nc(Cl)nc32)[C@H](O)[C@@H]1O)P(=O)(O)O.O=P(O)(O)C(CC1CC1)OC[C@H]1O[C@@H](n2ncc3c(NC4CCCC4)nc(Cl)nc32)[C@H](O)[C@@H]1O.O=P(O)(O)C(COCC1CC1)OC[C@H]1O[C@@H](n2ncc3c(NC4CCCC4)nc(Cl)nc32)[C@H](O)[C@@H]1O. The molecular formula is C59H87Cl3N15O22P3. The number of fused-ring (bicyclic) bond motifs is 3. The van der Waals surface area contributed by atoms with E-state index in [0.29, 0.717) is 63.1 Å². The van der Waals surface area contributed by atoms with Crippen LogP contribution in [-0.2, 0) is 46.9 Å². The Kier molecular flexibility index (Phi) is 24.6. The van der Waals surface area contributed by atoms with Crippen LogP contribution < -0.4 is 16.0 Å². The molecule has 6 aromatic heterocycles. The van der Waals surface area contributed by atoms with Crippen molar-refractivity contribution < 1.29 is 107 Å². The highest BCUT2D eigenvalue weighted by Crippen LogP contribution is 2.52. The molecule has 3 saturated heterocycles. The zero-order chi connectivity index (χ0) is 72.7. The molecule has 0 spiro atoms. The van der Waals surface area contributed by atoms with Crippen molar-refractivity contribution in [3.8, 4) is 0 Å². The van der Waals surface area contributed by atoms with Crippen molar-refractivity contribution in [3.63, 3.8) is 0 Å². The maximum Gasteiger partial charge on any atom is 0.356 e. The van der Waals surface area contributed by atoms with E-state index in [9.17, 15) is 73.7 Å². The number of aliphatic hydroxyl groups excluding tert-OH is 6. The highest BCUT2D eigenvalue weighted by Gasteiger charge is 2.50. The number of halogens is 3. The van der Waals surface area contributed by atoms with Gasteiger partial charge in [-0.05, 0) is 118 Å². The van der Waals surface area contributed by atoms with Crippen molar-refractivity contribution in [3.05, 3.63) is 34.4 Å². The Morgan fingerprint density at radius 3 is 1.14 bits per heavy atom. The highest BCUT2D eigenvalue weighted by molar-refractivity contribution is 7.53. The van der Waals surface area contributed by atoms with Crippen molar-refractivity contribution in [2.45, 2.75) is 232 Å². The summed E-state index contributed by atoms with van der Waals surface area (Å²) in [4.78, 5) is 82.9. The van der Waals surface area contributed by atoms with Crippen LogP contribution in [0.4, 0.5) is 17.5 Å². The molecule has 0 bridgehead atoms. The first-order valence-electron chi connectivity index (χ1n) is 34.1. The molecule has 2 unspecified atom stereocenters. The molecule has 566 valence electrons. The predicted molar refractivity (Wildman–Crippen MR) is 363 cm³/mol. The van der Waals surface area contributed by atoms with Gasteiger partial charge in [0.2, 0.25) is 15.9 Å². The Labute approximate surface area is 598 Å². The summed E-state index contributed by atoms with van der Waals surface area (Å²) in [5.74, 6) is -0.504. The van der Waals surface area contributed by atoms with Crippen LogP contribution in [0.25, 0.3) is 33.1 Å². The first-order valence-corrected chi connectivity index (χ1v) is 40.2. The molecule has 8 aliphatic rings. The Balaban J connectivity index is 0.000000145. The molecule has 5 saturated carbocycles. The lowest BCUT2D eigenvalue weighted by molar-refractivity contribution is -0.0906. The molecular weight excluding hydrogens is 1470 g/mol. The minimum atomic E-state index is -4.63. The van der Waals surface area contributed by atoms with Gasteiger partial charge in [-0.15, -0.1) is 0 Å². The summed E-state index contributed by atoms with van der Waals surface area (Å²) < 4.78 is 78.2. The molecule has 37 nitrogen and oxygen atoms in total. The van der Waals surface area contributed by atoms with Gasteiger partial charge in [0.25, 0.3) is 0 Å². The van der Waals surface area contributed by atoms with E-state index in [2.05, 4.69) is 61.2 Å². The summed E-state index contributed by atoms with van der Waals surface area (Å²) in [7, 11) is -13.7. The molecule has 6 aromatic rings. The predicted octanol–water partition coefficient (Wildman–Crippen LogP) is 4.56. The molecule has 14 rings (SSSR count). The van der Waals surface area contributed by atoms with Gasteiger partial charge in [-0.25, -0.2) is 14.0 Å². The van der Waals surface area contributed by atoms with Crippen molar-refractivity contribution in [2.75, 3.05) is 49.0 Å². The van der Waals surface area contributed by atoms with E-state index in [1.807, 2.05) is 0 Å². The minimum absolute atomic E-state index is 0.00365. The van der Waals surface area contributed by atoms with Crippen molar-refractivity contribution in [1.82, 2.24) is 59.2 Å². The topological polar surface area (TPSA) is 525 Å². The first kappa shape index (κ1) is 77.5. The number of nitrogens with zero attached hydrogens (tertiary/aromatic N) is 12. The van der Waals surface area contributed by atoms with E-state index in [1.165, 1.54) is 40.3 Å². The second-order valence-corrected chi connectivity index (χ2v) is 34.4. The third-order valence-corrected chi connectivity index (χ3v) is 23.8. The molecule has 102 heavy (non-hydrogen) atoms. The Morgan fingerprint density at radius 2 is 0.814 bits per heavy atom. The summed E-state index contributed by atoms with van der Waals surface area (Å²) in [6.07, 6.45) is 7.05. The van der Waals surface area contributed by atoms with E-state index in [0.717, 1.165) is 103 Å². The second kappa shape index (κ2) is 32.3. The van der Waals surface area contributed by atoms with Gasteiger partial charge in [0, 0.05) is 24.7 Å². The monoisotopic (exact) mass is 1560 g/mol. The number of aliphatic hydroxyl groups is 6. The summed E-state index contributed by atoms with van der Waals surface area (Å²) >= 11 is 18.5. The zero-order valence-corrected chi connectivity index (χ0v) is 60.5. The summed E-state index contributed by atoms with van der Waals surface area (Å²) in [5.41, 5.74) is 0.967. The molecule has 3 aliphatic heterocycles. The van der Waals surface area contributed by atoms with Crippen LogP contribution in [0.15, 0.2) is 18.6 Å². The summed E-state index contributed by atoms with van der Waals surface area (Å²) in [6, 6.07) is 0.836. The van der Waals surface area contributed by atoms with Crippen LogP contribution in [0.2, 0.25) is 15.9 Å². The average Bonchev–Trinajstić information content (AvgIpc) is 1.63. The van der Waals surface area contributed by atoms with Gasteiger partial charge < -0.3 is 109 Å². The lowest BCUT2D eigenvalue weighted by Gasteiger charge is -2.28.